The molecule has 0 saturated carbocycles. The van der Waals surface area contributed by atoms with E-state index in [9.17, 15) is 18.0 Å². The topological polar surface area (TPSA) is 17.1 Å². The number of thioether (sulfide) groups is 2. The maximum Gasteiger partial charge on any atom is 0.421 e. The summed E-state index contributed by atoms with van der Waals surface area (Å²) in [6.07, 6.45) is -2.19. The van der Waals surface area contributed by atoms with Crippen molar-refractivity contribution in [2.45, 2.75) is 13.1 Å². The lowest BCUT2D eigenvalue weighted by atomic mass is 10.1. The van der Waals surface area contributed by atoms with Gasteiger partial charge in [-0.3, -0.25) is 4.79 Å². The van der Waals surface area contributed by atoms with Crippen LogP contribution >= 0.6 is 23.5 Å². The minimum Gasteiger partial charge on any atom is -0.289 e. The molecule has 0 aliphatic carbocycles. The number of ketones is 1. The smallest absolute Gasteiger partial charge is 0.289 e. The third-order valence-corrected chi connectivity index (χ3v) is 5.47. The molecule has 1 aromatic carbocycles. The van der Waals surface area contributed by atoms with Crippen LogP contribution in [0.2, 0.25) is 0 Å². The van der Waals surface area contributed by atoms with Gasteiger partial charge in [-0.25, -0.2) is 0 Å². The summed E-state index contributed by atoms with van der Waals surface area (Å²) in [6, 6.07) is 7.24. The minimum absolute atomic E-state index is 0.0846. The maximum atomic E-state index is 13.1. The SMILES string of the molecule is Cc1cccc(/C=C/C(=O)C(=C2SCCS2)C(F)(F)F)c1. The Morgan fingerprint density at radius 3 is 2.48 bits per heavy atom. The third-order valence-electron chi connectivity index (χ3n) is 2.75. The quantitative estimate of drug-likeness (QED) is 0.739. The first-order chi connectivity index (χ1) is 9.88. The fraction of sp³-hybridized carbons (Fsp3) is 0.267. The van der Waals surface area contributed by atoms with Gasteiger partial charge in [0.15, 0.2) is 5.78 Å². The molecular weight excluding hydrogens is 317 g/mol. The summed E-state index contributed by atoms with van der Waals surface area (Å²) in [4.78, 5) is 11.9. The zero-order valence-corrected chi connectivity index (χ0v) is 12.9. The standard InChI is InChI=1S/C15H13F3OS2/c1-10-3-2-4-11(9-10)5-6-12(19)13(15(16,17)18)14-20-7-8-21-14/h2-6,9H,7-8H2,1H3/b6-5+. The van der Waals surface area contributed by atoms with Crippen LogP contribution in [0.25, 0.3) is 6.08 Å². The first-order valence-electron chi connectivity index (χ1n) is 6.24. The van der Waals surface area contributed by atoms with Gasteiger partial charge >= 0.3 is 6.18 Å². The lowest BCUT2D eigenvalue weighted by Crippen LogP contribution is -2.19. The molecule has 1 heterocycles. The predicted molar refractivity (Wildman–Crippen MR) is 83.2 cm³/mol. The zero-order chi connectivity index (χ0) is 15.5. The van der Waals surface area contributed by atoms with E-state index in [-0.39, 0.29) is 4.24 Å². The molecule has 0 N–H and O–H groups in total. The Balaban J connectivity index is 2.26. The number of rotatable bonds is 3. The number of aryl methyl sites for hydroxylation is 1. The number of alkyl halides is 3. The van der Waals surface area contributed by atoms with Gasteiger partial charge in [-0.15, -0.1) is 23.5 Å². The Morgan fingerprint density at radius 2 is 1.90 bits per heavy atom. The van der Waals surface area contributed by atoms with Gasteiger partial charge in [-0.2, -0.15) is 13.2 Å². The van der Waals surface area contributed by atoms with Gasteiger partial charge in [0, 0.05) is 11.5 Å². The van der Waals surface area contributed by atoms with Crippen molar-refractivity contribution in [2.75, 3.05) is 11.5 Å². The number of carbonyl (C=O) groups is 1. The molecule has 0 radical (unpaired) electrons. The van der Waals surface area contributed by atoms with Crippen LogP contribution in [0.5, 0.6) is 0 Å². The predicted octanol–water partition coefficient (Wildman–Crippen LogP) is 4.83. The molecule has 0 unspecified atom stereocenters. The van der Waals surface area contributed by atoms with Crippen molar-refractivity contribution in [1.82, 2.24) is 0 Å². The summed E-state index contributed by atoms with van der Waals surface area (Å²) in [5.41, 5.74) is 0.654. The lowest BCUT2D eigenvalue weighted by Gasteiger charge is -2.11. The summed E-state index contributed by atoms with van der Waals surface area (Å²) in [5, 5.41) is 0. The highest BCUT2D eigenvalue weighted by molar-refractivity contribution is 8.25. The van der Waals surface area contributed by atoms with Crippen LogP contribution in [0.3, 0.4) is 0 Å². The Bertz CT molecular complexity index is 595. The number of allylic oxidation sites excluding steroid dienone is 2. The molecule has 0 aromatic heterocycles. The van der Waals surface area contributed by atoms with Gasteiger partial charge in [-0.05, 0) is 18.6 Å². The first-order valence-corrected chi connectivity index (χ1v) is 8.21. The van der Waals surface area contributed by atoms with Crippen LogP contribution in [0, 0.1) is 6.92 Å². The summed E-state index contributed by atoms with van der Waals surface area (Å²) in [7, 11) is 0. The summed E-state index contributed by atoms with van der Waals surface area (Å²) in [6.45, 7) is 1.88. The molecule has 1 aliphatic rings. The monoisotopic (exact) mass is 330 g/mol. The molecule has 0 atom stereocenters. The second-order valence-corrected chi connectivity index (χ2v) is 6.94. The van der Waals surface area contributed by atoms with Crippen molar-refractivity contribution >= 4 is 35.4 Å². The van der Waals surface area contributed by atoms with Gasteiger partial charge in [0.25, 0.3) is 0 Å². The van der Waals surface area contributed by atoms with Crippen LogP contribution in [0.4, 0.5) is 13.2 Å². The largest absolute Gasteiger partial charge is 0.421 e. The number of halogens is 3. The number of benzene rings is 1. The molecule has 6 heteroatoms. The second kappa shape index (κ2) is 6.75. The molecule has 1 aliphatic heterocycles. The van der Waals surface area contributed by atoms with E-state index in [0.29, 0.717) is 17.1 Å². The Hall–Kier alpha value is -1.14. The highest BCUT2D eigenvalue weighted by Crippen LogP contribution is 2.44. The number of hydrogen-bond acceptors (Lipinski definition) is 3. The van der Waals surface area contributed by atoms with Gasteiger partial charge in [-0.1, -0.05) is 35.9 Å². The van der Waals surface area contributed by atoms with Gasteiger partial charge < -0.3 is 0 Å². The third kappa shape index (κ3) is 4.41. The van der Waals surface area contributed by atoms with E-state index in [1.165, 1.54) is 6.08 Å². The fourth-order valence-corrected chi connectivity index (χ4v) is 4.43. The van der Waals surface area contributed by atoms with Crippen molar-refractivity contribution in [3.05, 3.63) is 51.3 Å². The summed E-state index contributed by atoms with van der Waals surface area (Å²) >= 11 is 2.20. The van der Waals surface area contributed by atoms with E-state index in [1.54, 1.807) is 12.1 Å². The van der Waals surface area contributed by atoms with Crippen LogP contribution < -0.4 is 0 Å². The van der Waals surface area contributed by atoms with E-state index in [1.807, 2.05) is 19.1 Å². The maximum absolute atomic E-state index is 13.1. The molecule has 112 valence electrons. The minimum atomic E-state index is -4.62. The first kappa shape index (κ1) is 16.2. The normalized spacial score (nSPS) is 15.7. The Kier molecular flexibility index (Phi) is 5.22. The van der Waals surface area contributed by atoms with Crippen molar-refractivity contribution < 1.29 is 18.0 Å². The van der Waals surface area contributed by atoms with E-state index >= 15 is 0 Å². The van der Waals surface area contributed by atoms with E-state index in [4.69, 9.17) is 0 Å². The highest BCUT2D eigenvalue weighted by atomic mass is 32.2. The number of hydrogen-bond donors (Lipinski definition) is 0. The van der Waals surface area contributed by atoms with Crippen LogP contribution in [-0.4, -0.2) is 23.5 Å². The van der Waals surface area contributed by atoms with Crippen LogP contribution in [0.15, 0.2) is 40.2 Å². The molecule has 1 saturated heterocycles. The van der Waals surface area contributed by atoms with E-state index in [0.717, 1.165) is 35.2 Å². The Labute approximate surface area is 129 Å². The molecule has 0 amide bonds. The van der Waals surface area contributed by atoms with Gasteiger partial charge in [0.05, 0.1) is 4.24 Å². The zero-order valence-electron chi connectivity index (χ0n) is 11.2. The van der Waals surface area contributed by atoms with Crippen molar-refractivity contribution in [2.24, 2.45) is 0 Å². The van der Waals surface area contributed by atoms with Gasteiger partial charge in [0.1, 0.15) is 5.57 Å². The Morgan fingerprint density at radius 1 is 1.24 bits per heavy atom. The molecule has 1 aromatic rings. The van der Waals surface area contributed by atoms with Crippen molar-refractivity contribution in [3.8, 4) is 0 Å². The molecule has 1 fully saturated rings. The van der Waals surface area contributed by atoms with E-state index < -0.39 is 17.5 Å². The summed E-state index contributed by atoms with van der Waals surface area (Å²) in [5.74, 6) is 0.226. The fourth-order valence-electron chi connectivity index (χ4n) is 1.84. The number of carbonyl (C=O) groups excluding carboxylic acids is 1. The van der Waals surface area contributed by atoms with Crippen molar-refractivity contribution in [1.29, 1.82) is 0 Å². The molecular formula is C15H13F3OS2. The van der Waals surface area contributed by atoms with Crippen LogP contribution in [-0.2, 0) is 4.79 Å². The second-order valence-electron chi connectivity index (χ2n) is 4.47. The molecule has 0 spiro atoms. The van der Waals surface area contributed by atoms with Crippen LogP contribution in [0.1, 0.15) is 11.1 Å². The lowest BCUT2D eigenvalue weighted by molar-refractivity contribution is -0.125. The van der Waals surface area contributed by atoms with E-state index in [2.05, 4.69) is 0 Å². The molecule has 0 bridgehead atoms. The van der Waals surface area contributed by atoms with Crippen molar-refractivity contribution in [3.63, 3.8) is 0 Å². The average Bonchev–Trinajstić information content (AvgIpc) is 2.88. The molecule has 2 rings (SSSR count). The van der Waals surface area contributed by atoms with Gasteiger partial charge in [0.2, 0.25) is 0 Å². The molecule has 1 nitrogen and oxygen atoms in total. The molecule has 21 heavy (non-hydrogen) atoms. The highest BCUT2D eigenvalue weighted by Gasteiger charge is 2.41. The summed E-state index contributed by atoms with van der Waals surface area (Å²) < 4.78 is 39.3. The average molecular weight is 330 g/mol.